The van der Waals surface area contributed by atoms with Gasteiger partial charge in [0.15, 0.2) is 0 Å². The Kier molecular flexibility index (Phi) is 3.71. The van der Waals surface area contributed by atoms with E-state index >= 15 is 0 Å². The van der Waals surface area contributed by atoms with E-state index in [1.807, 2.05) is 25.7 Å². The first-order chi connectivity index (χ1) is 10.3. The second-order valence-corrected chi connectivity index (χ2v) is 7.60. The largest absolute Gasteiger partial charge is 0.444 e. The predicted octanol–water partition coefficient (Wildman–Crippen LogP) is 2.78. The fraction of sp³-hybridized carbons (Fsp3) is 0.706. The molecule has 0 radical (unpaired) electrons. The summed E-state index contributed by atoms with van der Waals surface area (Å²) >= 11 is 0. The number of aryl methyl sites for hydroxylation is 1. The molecule has 1 aromatic rings. The van der Waals surface area contributed by atoms with Gasteiger partial charge in [-0.2, -0.15) is 0 Å². The van der Waals surface area contributed by atoms with Crippen molar-refractivity contribution in [3.63, 3.8) is 0 Å². The topological polar surface area (TPSA) is 46.5 Å². The van der Waals surface area contributed by atoms with E-state index in [1.54, 1.807) is 0 Å². The first kappa shape index (κ1) is 15.4. The highest BCUT2D eigenvalue weighted by molar-refractivity contribution is 5.68. The van der Waals surface area contributed by atoms with E-state index in [0.717, 1.165) is 32.6 Å². The first-order valence-electron chi connectivity index (χ1n) is 8.20. The van der Waals surface area contributed by atoms with E-state index in [1.165, 1.54) is 5.56 Å². The lowest BCUT2D eigenvalue weighted by atomic mass is 9.70. The molecule has 1 spiro atoms. The van der Waals surface area contributed by atoms with Gasteiger partial charge in [-0.3, -0.25) is 0 Å². The molecule has 2 aliphatic rings. The lowest BCUT2D eigenvalue weighted by Gasteiger charge is -2.48. The third kappa shape index (κ3) is 2.74. The number of carbonyl (C=O) groups is 1. The Balaban J connectivity index is 1.67. The fourth-order valence-corrected chi connectivity index (χ4v) is 3.55. The Morgan fingerprint density at radius 2 is 2.27 bits per heavy atom. The number of rotatable bonds is 2. The van der Waals surface area contributed by atoms with Crippen LogP contribution in [0.15, 0.2) is 18.5 Å². The number of nitrogens with one attached hydrogen (secondary N) is 1. The number of carbonyl (C=O) groups excluding carboxylic acids is 1. The average molecular weight is 305 g/mol. The van der Waals surface area contributed by atoms with Crippen LogP contribution in [-0.4, -0.2) is 40.8 Å². The Hall–Kier alpha value is -1.49. The van der Waals surface area contributed by atoms with Crippen LogP contribution in [0.3, 0.4) is 0 Å². The van der Waals surface area contributed by atoms with E-state index < -0.39 is 5.60 Å². The highest BCUT2D eigenvalue weighted by Gasteiger charge is 2.52. The minimum atomic E-state index is -0.428. The number of likely N-dealkylation sites (tertiary alicyclic amines) is 1. The van der Waals surface area contributed by atoms with Crippen molar-refractivity contribution < 1.29 is 9.53 Å². The van der Waals surface area contributed by atoms with Crippen LogP contribution in [0.5, 0.6) is 0 Å². The Morgan fingerprint density at radius 1 is 1.50 bits per heavy atom. The minimum Gasteiger partial charge on any atom is -0.444 e. The van der Waals surface area contributed by atoms with Crippen molar-refractivity contribution in [1.82, 2.24) is 14.8 Å². The molecular weight excluding hydrogens is 278 g/mol. The summed E-state index contributed by atoms with van der Waals surface area (Å²) in [5, 5.41) is 3.55. The number of aromatic nitrogens is 1. The minimum absolute atomic E-state index is 0.177. The summed E-state index contributed by atoms with van der Waals surface area (Å²) in [6.07, 6.45) is 5.21. The van der Waals surface area contributed by atoms with Gasteiger partial charge in [-0.05, 0) is 45.7 Å². The van der Waals surface area contributed by atoms with Gasteiger partial charge in [0.2, 0.25) is 0 Å². The van der Waals surface area contributed by atoms with Crippen molar-refractivity contribution in [3.8, 4) is 0 Å². The van der Waals surface area contributed by atoms with Crippen LogP contribution in [-0.2, 0) is 11.3 Å². The van der Waals surface area contributed by atoms with Gasteiger partial charge in [-0.25, -0.2) is 4.79 Å². The van der Waals surface area contributed by atoms with Crippen molar-refractivity contribution in [3.05, 3.63) is 24.0 Å². The van der Waals surface area contributed by atoms with Gasteiger partial charge in [-0.15, -0.1) is 0 Å². The van der Waals surface area contributed by atoms with E-state index in [9.17, 15) is 4.79 Å². The summed E-state index contributed by atoms with van der Waals surface area (Å²) in [6, 6.07) is 2.55. The molecule has 3 heterocycles. The number of hydrogen-bond donors (Lipinski definition) is 1. The Bertz CT molecular complexity index is 560. The molecule has 2 aliphatic heterocycles. The molecule has 122 valence electrons. The second kappa shape index (κ2) is 5.30. The van der Waals surface area contributed by atoms with Gasteiger partial charge in [0, 0.05) is 50.0 Å². The monoisotopic (exact) mass is 305 g/mol. The first-order valence-corrected chi connectivity index (χ1v) is 8.20. The normalized spacial score (nSPS) is 28.0. The predicted molar refractivity (Wildman–Crippen MR) is 85.7 cm³/mol. The van der Waals surface area contributed by atoms with E-state index in [2.05, 4.69) is 35.3 Å². The molecule has 2 atom stereocenters. The van der Waals surface area contributed by atoms with Crippen LogP contribution in [0.25, 0.3) is 0 Å². The van der Waals surface area contributed by atoms with Crippen molar-refractivity contribution in [2.24, 2.45) is 5.41 Å². The maximum absolute atomic E-state index is 12.3. The molecule has 1 N–H and O–H groups in total. The van der Waals surface area contributed by atoms with Crippen LogP contribution in [0.2, 0.25) is 0 Å². The molecule has 2 saturated heterocycles. The van der Waals surface area contributed by atoms with Crippen molar-refractivity contribution in [1.29, 1.82) is 0 Å². The molecule has 22 heavy (non-hydrogen) atoms. The molecular formula is C17H27N3O2. The van der Waals surface area contributed by atoms with Crippen LogP contribution in [0.1, 0.15) is 45.7 Å². The van der Waals surface area contributed by atoms with Gasteiger partial charge < -0.3 is 19.5 Å². The molecule has 0 aliphatic carbocycles. The number of amides is 1. The van der Waals surface area contributed by atoms with Crippen LogP contribution in [0, 0.1) is 5.41 Å². The smallest absolute Gasteiger partial charge is 0.410 e. The van der Waals surface area contributed by atoms with Gasteiger partial charge in [-0.1, -0.05) is 0 Å². The average Bonchev–Trinajstić information content (AvgIpc) is 3.03. The van der Waals surface area contributed by atoms with Gasteiger partial charge in [0.25, 0.3) is 0 Å². The van der Waals surface area contributed by atoms with E-state index in [4.69, 9.17) is 4.74 Å². The van der Waals surface area contributed by atoms with Crippen LogP contribution < -0.4 is 5.32 Å². The summed E-state index contributed by atoms with van der Waals surface area (Å²) < 4.78 is 7.71. The quantitative estimate of drug-likeness (QED) is 0.914. The molecule has 0 bridgehead atoms. The molecule has 0 saturated carbocycles. The van der Waals surface area contributed by atoms with Gasteiger partial charge in [0.1, 0.15) is 5.60 Å². The molecule has 5 heteroatoms. The van der Waals surface area contributed by atoms with Gasteiger partial charge in [0.05, 0.1) is 0 Å². The molecule has 5 nitrogen and oxygen atoms in total. The standard InChI is InChI=1S/C17H27N3O2/c1-5-19-8-6-13(10-19)14-17(11-18-14)7-9-20(12-17)15(21)22-16(2,3)4/h6,8,10,14,18H,5,7,9,11-12H2,1-4H3/t14-,17+/m0/s1. The van der Waals surface area contributed by atoms with Crippen molar-refractivity contribution in [2.75, 3.05) is 19.6 Å². The highest BCUT2D eigenvalue weighted by Crippen LogP contribution is 2.48. The van der Waals surface area contributed by atoms with E-state index in [0.29, 0.717) is 6.04 Å². The van der Waals surface area contributed by atoms with Gasteiger partial charge >= 0.3 is 6.09 Å². The molecule has 0 unspecified atom stereocenters. The maximum Gasteiger partial charge on any atom is 0.410 e. The lowest BCUT2D eigenvalue weighted by Crippen LogP contribution is -2.57. The zero-order chi connectivity index (χ0) is 16.0. The SMILES string of the molecule is CCn1ccc([C@@H]2NC[C@@]23CCN(C(=O)OC(C)(C)C)C3)c1. The summed E-state index contributed by atoms with van der Waals surface area (Å²) in [4.78, 5) is 14.1. The van der Waals surface area contributed by atoms with E-state index in [-0.39, 0.29) is 11.5 Å². The lowest BCUT2D eigenvalue weighted by molar-refractivity contribution is 0.0216. The zero-order valence-corrected chi connectivity index (χ0v) is 14.1. The molecule has 2 fully saturated rings. The summed E-state index contributed by atoms with van der Waals surface area (Å²) in [7, 11) is 0. The summed E-state index contributed by atoms with van der Waals surface area (Å²) in [5.41, 5.74) is 1.08. The van der Waals surface area contributed by atoms with Crippen molar-refractivity contribution in [2.45, 2.75) is 52.3 Å². The Morgan fingerprint density at radius 3 is 2.82 bits per heavy atom. The second-order valence-electron chi connectivity index (χ2n) is 7.60. The third-order valence-corrected chi connectivity index (χ3v) is 4.78. The number of ether oxygens (including phenoxy) is 1. The molecule has 3 rings (SSSR count). The van der Waals surface area contributed by atoms with Crippen LogP contribution in [0.4, 0.5) is 4.79 Å². The number of hydrogen-bond acceptors (Lipinski definition) is 3. The maximum atomic E-state index is 12.3. The van der Waals surface area contributed by atoms with Crippen molar-refractivity contribution >= 4 is 6.09 Å². The number of nitrogens with zero attached hydrogens (tertiary/aromatic N) is 2. The fourth-order valence-electron chi connectivity index (χ4n) is 3.55. The Labute approximate surface area is 132 Å². The van der Waals surface area contributed by atoms with Crippen LogP contribution >= 0.6 is 0 Å². The molecule has 0 aromatic carbocycles. The highest BCUT2D eigenvalue weighted by atomic mass is 16.6. The third-order valence-electron chi connectivity index (χ3n) is 4.78. The summed E-state index contributed by atoms with van der Waals surface area (Å²) in [5.74, 6) is 0. The molecule has 1 amide bonds. The molecule has 1 aromatic heterocycles. The summed E-state index contributed by atoms with van der Waals surface area (Å²) in [6.45, 7) is 11.4. The zero-order valence-electron chi connectivity index (χ0n) is 14.1.